The quantitative estimate of drug-likeness (QED) is 0.0513. The topological polar surface area (TPSA) is 169 Å². The van der Waals surface area contributed by atoms with Gasteiger partial charge in [0, 0.05) is 0 Å². The molecular formula is C35H65NO9. The maximum atomic E-state index is 12.8. The normalized spacial score (nSPS) is 24.3. The van der Waals surface area contributed by atoms with Crippen molar-refractivity contribution in [3.8, 4) is 0 Å². The number of ether oxygens (including phenoxy) is 2. The molecule has 0 aliphatic carbocycles. The monoisotopic (exact) mass is 643 g/mol. The zero-order valence-electron chi connectivity index (χ0n) is 28.0. The van der Waals surface area contributed by atoms with Gasteiger partial charge in [0.1, 0.15) is 30.5 Å². The number of amides is 1. The number of allylic oxidation sites excluding steroid dienone is 3. The van der Waals surface area contributed by atoms with E-state index in [1.165, 1.54) is 70.6 Å². The van der Waals surface area contributed by atoms with Crippen LogP contribution in [-0.4, -0.2) is 98.7 Å². The van der Waals surface area contributed by atoms with E-state index in [-0.39, 0.29) is 13.0 Å². The third-order valence-electron chi connectivity index (χ3n) is 8.39. The van der Waals surface area contributed by atoms with Gasteiger partial charge in [0.15, 0.2) is 6.29 Å². The van der Waals surface area contributed by atoms with Crippen LogP contribution in [-0.2, 0) is 14.3 Å². The molecule has 0 aromatic rings. The maximum absolute atomic E-state index is 12.8. The van der Waals surface area contributed by atoms with E-state index in [4.69, 9.17) is 9.47 Å². The molecule has 1 amide bonds. The van der Waals surface area contributed by atoms with E-state index in [1.54, 1.807) is 6.08 Å². The van der Waals surface area contributed by atoms with E-state index in [9.17, 15) is 35.4 Å². The highest BCUT2D eigenvalue weighted by atomic mass is 16.7. The summed E-state index contributed by atoms with van der Waals surface area (Å²) in [6.07, 6.45) is 17.3. The van der Waals surface area contributed by atoms with Crippen LogP contribution >= 0.6 is 0 Å². The molecule has 264 valence electrons. The Bertz CT molecular complexity index is 778. The van der Waals surface area contributed by atoms with Gasteiger partial charge >= 0.3 is 0 Å². The minimum atomic E-state index is -1.61. The molecule has 1 heterocycles. The fraction of sp³-hybridized carbons (Fsp3) is 0.857. The van der Waals surface area contributed by atoms with Gasteiger partial charge in [0.25, 0.3) is 0 Å². The Kier molecular flexibility index (Phi) is 24.7. The van der Waals surface area contributed by atoms with Gasteiger partial charge < -0.3 is 45.4 Å². The van der Waals surface area contributed by atoms with Crippen LogP contribution in [0.25, 0.3) is 0 Å². The minimum Gasteiger partial charge on any atom is -0.394 e. The van der Waals surface area contributed by atoms with Gasteiger partial charge in [-0.05, 0) is 38.5 Å². The van der Waals surface area contributed by atoms with Gasteiger partial charge in [0.2, 0.25) is 5.91 Å². The number of nitrogens with one attached hydrogen (secondary N) is 1. The molecule has 0 saturated carbocycles. The average molecular weight is 644 g/mol. The van der Waals surface area contributed by atoms with Crippen molar-refractivity contribution in [2.75, 3.05) is 13.2 Å². The molecular weight excluding hydrogens is 578 g/mol. The van der Waals surface area contributed by atoms with Crippen LogP contribution in [0, 0.1) is 0 Å². The molecule has 10 nitrogen and oxygen atoms in total. The molecule has 1 aliphatic rings. The Morgan fingerprint density at radius 1 is 0.756 bits per heavy atom. The van der Waals surface area contributed by atoms with E-state index in [1.807, 2.05) is 12.2 Å². The Labute approximate surface area is 271 Å². The predicted molar refractivity (Wildman–Crippen MR) is 176 cm³/mol. The van der Waals surface area contributed by atoms with Gasteiger partial charge in [-0.25, -0.2) is 0 Å². The number of unbranched alkanes of at least 4 members (excludes halogenated alkanes) is 14. The first-order valence-corrected chi connectivity index (χ1v) is 17.7. The number of carbonyl (C=O) groups is 1. The van der Waals surface area contributed by atoms with Crippen molar-refractivity contribution in [2.45, 2.75) is 178 Å². The summed E-state index contributed by atoms with van der Waals surface area (Å²) in [5, 5.41) is 63.9. The molecule has 0 bridgehead atoms. The third-order valence-corrected chi connectivity index (χ3v) is 8.39. The fourth-order valence-corrected chi connectivity index (χ4v) is 5.34. The van der Waals surface area contributed by atoms with E-state index in [0.29, 0.717) is 6.42 Å². The zero-order valence-corrected chi connectivity index (χ0v) is 28.0. The number of hydrogen-bond acceptors (Lipinski definition) is 9. The smallest absolute Gasteiger partial charge is 0.249 e. The average Bonchev–Trinajstić information content (AvgIpc) is 3.04. The molecule has 0 aromatic carbocycles. The summed E-state index contributed by atoms with van der Waals surface area (Å²) in [5.74, 6) is -0.657. The number of hydrogen-bond donors (Lipinski definition) is 7. The summed E-state index contributed by atoms with van der Waals surface area (Å²) in [5.41, 5.74) is 0. The SMILES string of the molecule is CCCCCC/C=C\CCC(O)C(=O)NC(COC1OC(CO)C(O)C(O)C1O)C(O)/C=C/CCCCCCCCCCCC. The van der Waals surface area contributed by atoms with E-state index < -0.39 is 61.5 Å². The van der Waals surface area contributed by atoms with Crippen LogP contribution in [0.4, 0.5) is 0 Å². The fourth-order valence-electron chi connectivity index (χ4n) is 5.34. The van der Waals surface area contributed by atoms with Crippen LogP contribution in [0.15, 0.2) is 24.3 Å². The number of aliphatic hydroxyl groups is 6. The zero-order chi connectivity index (χ0) is 33.3. The van der Waals surface area contributed by atoms with E-state index in [0.717, 1.165) is 32.1 Å². The summed E-state index contributed by atoms with van der Waals surface area (Å²) in [7, 11) is 0. The first-order chi connectivity index (χ1) is 21.8. The largest absolute Gasteiger partial charge is 0.394 e. The molecule has 10 heteroatoms. The van der Waals surface area contributed by atoms with Crippen molar-refractivity contribution in [1.82, 2.24) is 5.32 Å². The van der Waals surface area contributed by atoms with Gasteiger partial charge in [-0.3, -0.25) is 4.79 Å². The van der Waals surface area contributed by atoms with Crippen LogP contribution in [0.2, 0.25) is 0 Å². The van der Waals surface area contributed by atoms with E-state index in [2.05, 4.69) is 25.2 Å². The standard InChI is InChI=1S/C35H65NO9/c1-3-5-7-9-11-13-14-15-16-18-19-21-23-28(38)27(26-44-35-33(42)32(41)31(40)30(25-37)45-35)36-34(43)29(39)24-22-20-17-12-10-8-6-4-2/h17,20-21,23,27-33,35,37-42H,3-16,18-19,22,24-26H2,1-2H3,(H,36,43)/b20-17-,23-21+. The molecule has 1 aliphatic heterocycles. The molecule has 0 spiro atoms. The molecule has 1 saturated heterocycles. The Hall–Kier alpha value is -1.37. The molecule has 0 radical (unpaired) electrons. The molecule has 45 heavy (non-hydrogen) atoms. The summed E-state index contributed by atoms with van der Waals surface area (Å²) in [4.78, 5) is 12.8. The third kappa shape index (κ3) is 18.5. The van der Waals surface area contributed by atoms with Crippen LogP contribution < -0.4 is 5.32 Å². The molecule has 8 unspecified atom stereocenters. The first-order valence-electron chi connectivity index (χ1n) is 17.7. The van der Waals surface area contributed by atoms with Crippen molar-refractivity contribution in [1.29, 1.82) is 0 Å². The predicted octanol–water partition coefficient (Wildman–Crippen LogP) is 4.18. The number of aliphatic hydroxyl groups excluding tert-OH is 6. The molecule has 7 N–H and O–H groups in total. The lowest BCUT2D eigenvalue weighted by atomic mass is 9.99. The van der Waals surface area contributed by atoms with Crippen molar-refractivity contribution in [3.63, 3.8) is 0 Å². The van der Waals surface area contributed by atoms with Crippen molar-refractivity contribution in [2.24, 2.45) is 0 Å². The van der Waals surface area contributed by atoms with E-state index >= 15 is 0 Å². The van der Waals surface area contributed by atoms with Crippen molar-refractivity contribution in [3.05, 3.63) is 24.3 Å². The highest BCUT2D eigenvalue weighted by molar-refractivity contribution is 5.80. The Balaban J connectivity index is 2.62. The van der Waals surface area contributed by atoms with Gasteiger partial charge in [-0.15, -0.1) is 0 Å². The summed E-state index contributed by atoms with van der Waals surface area (Å²) >= 11 is 0. The highest BCUT2D eigenvalue weighted by Crippen LogP contribution is 2.22. The lowest BCUT2D eigenvalue weighted by molar-refractivity contribution is -0.302. The van der Waals surface area contributed by atoms with Gasteiger partial charge in [0.05, 0.1) is 25.4 Å². The van der Waals surface area contributed by atoms with Gasteiger partial charge in [-0.2, -0.15) is 0 Å². The number of rotatable bonds is 27. The highest BCUT2D eigenvalue weighted by Gasteiger charge is 2.44. The molecule has 1 fully saturated rings. The van der Waals surface area contributed by atoms with Crippen LogP contribution in [0.3, 0.4) is 0 Å². The lowest BCUT2D eigenvalue weighted by Gasteiger charge is -2.40. The maximum Gasteiger partial charge on any atom is 0.249 e. The first kappa shape index (κ1) is 41.7. The molecule has 8 atom stereocenters. The Morgan fingerprint density at radius 3 is 1.89 bits per heavy atom. The Morgan fingerprint density at radius 2 is 1.29 bits per heavy atom. The molecule has 1 rings (SSSR count). The van der Waals surface area contributed by atoms with Gasteiger partial charge in [-0.1, -0.05) is 115 Å². The second kappa shape index (κ2) is 26.7. The second-order valence-corrected chi connectivity index (χ2v) is 12.4. The minimum absolute atomic E-state index is 0.224. The summed E-state index contributed by atoms with van der Waals surface area (Å²) in [6, 6.07) is -0.988. The molecule has 0 aromatic heterocycles. The van der Waals surface area contributed by atoms with Crippen LogP contribution in [0.5, 0.6) is 0 Å². The summed E-state index contributed by atoms with van der Waals surface area (Å²) in [6.45, 7) is 3.48. The summed E-state index contributed by atoms with van der Waals surface area (Å²) < 4.78 is 11.0. The van der Waals surface area contributed by atoms with Crippen molar-refractivity contribution < 1.29 is 44.9 Å². The second-order valence-electron chi connectivity index (χ2n) is 12.4. The number of carbonyl (C=O) groups excluding carboxylic acids is 1. The van der Waals surface area contributed by atoms with Crippen molar-refractivity contribution >= 4 is 5.91 Å². The lowest BCUT2D eigenvalue weighted by Crippen LogP contribution is -2.60. The van der Waals surface area contributed by atoms with Crippen LogP contribution in [0.1, 0.15) is 129 Å².